The number of carbonyl (C=O) groups excluding carboxylic acids is 1. The molecule has 1 heterocycles. The highest BCUT2D eigenvalue weighted by Crippen LogP contribution is 2.28. The first-order valence-corrected chi connectivity index (χ1v) is 8.21. The van der Waals surface area contributed by atoms with Crippen molar-refractivity contribution >= 4 is 5.97 Å². The predicted molar refractivity (Wildman–Crippen MR) is 83.3 cm³/mol. The van der Waals surface area contributed by atoms with Crippen molar-refractivity contribution < 1.29 is 23.7 Å². The van der Waals surface area contributed by atoms with Gasteiger partial charge in [-0.05, 0) is 19.4 Å². The van der Waals surface area contributed by atoms with Crippen molar-refractivity contribution in [2.24, 2.45) is 11.7 Å². The second-order valence-electron chi connectivity index (χ2n) is 5.92. The van der Waals surface area contributed by atoms with Gasteiger partial charge in [0.05, 0.1) is 6.61 Å². The lowest BCUT2D eigenvalue weighted by atomic mass is 9.93. The van der Waals surface area contributed by atoms with E-state index in [1.165, 1.54) is 6.92 Å². The molecular formula is C16H31NO5. The van der Waals surface area contributed by atoms with E-state index in [1.807, 2.05) is 0 Å². The Morgan fingerprint density at radius 3 is 2.64 bits per heavy atom. The Kier molecular flexibility index (Phi) is 9.63. The number of esters is 1. The summed E-state index contributed by atoms with van der Waals surface area (Å²) in [6.45, 7) is 5.29. The van der Waals surface area contributed by atoms with Crippen LogP contribution in [0.2, 0.25) is 0 Å². The zero-order valence-corrected chi connectivity index (χ0v) is 14.1. The lowest BCUT2D eigenvalue weighted by molar-refractivity contribution is -0.251. The van der Waals surface area contributed by atoms with Crippen LogP contribution in [0.4, 0.5) is 0 Å². The van der Waals surface area contributed by atoms with Gasteiger partial charge in [-0.2, -0.15) is 0 Å². The highest BCUT2D eigenvalue weighted by Gasteiger charge is 2.39. The fourth-order valence-electron chi connectivity index (χ4n) is 2.74. The molecule has 0 aromatic rings. The number of hydrogen-bond donors (Lipinski definition) is 1. The molecule has 1 aliphatic rings. The summed E-state index contributed by atoms with van der Waals surface area (Å²) in [7, 11) is 1.61. The van der Waals surface area contributed by atoms with Crippen LogP contribution in [0.25, 0.3) is 0 Å². The Labute approximate surface area is 133 Å². The van der Waals surface area contributed by atoms with Crippen molar-refractivity contribution in [3.05, 3.63) is 0 Å². The maximum atomic E-state index is 11.2. The molecule has 1 rings (SSSR count). The maximum absolute atomic E-state index is 11.2. The van der Waals surface area contributed by atoms with Crippen molar-refractivity contribution in [1.82, 2.24) is 0 Å². The fourth-order valence-corrected chi connectivity index (χ4v) is 2.74. The molecule has 6 heteroatoms. The van der Waals surface area contributed by atoms with Gasteiger partial charge in [0.15, 0.2) is 6.29 Å². The van der Waals surface area contributed by atoms with Gasteiger partial charge in [-0.3, -0.25) is 4.79 Å². The minimum Gasteiger partial charge on any atom is -0.459 e. The van der Waals surface area contributed by atoms with Gasteiger partial charge in [0.2, 0.25) is 0 Å². The summed E-state index contributed by atoms with van der Waals surface area (Å²) < 4.78 is 22.3. The first-order chi connectivity index (χ1) is 10.6. The van der Waals surface area contributed by atoms with E-state index in [-0.39, 0.29) is 30.4 Å². The molecule has 2 N–H and O–H groups in total. The van der Waals surface area contributed by atoms with Crippen molar-refractivity contribution in [3.63, 3.8) is 0 Å². The Balaban J connectivity index is 2.37. The fraction of sp³-hybridized carbons (Fsp3) is 0.938. The molecule has 22 heavy (non-hydrogen) atoms. The van der Waals surface area contributed by atoms with Crippen LogP contribution in [0, 0.1) is 5.92 Å². The van der Waals surface area contributed by atoms with Crippen LogP contribution in [0.1, 0.15) is 46.0 Å². The van der Waals surface area contributed by atoms with Crippen LogP contribution < -0.4 is 5.73 Å². The first kappa shape index (κ1) is 19.4. The molecule has 0 aromatic carbocycles. The number of hydrogen-bond acceptors (Lipinski definition) is 6. The van der Waals surface area contributed by atoms with Gasteiger partial charge >= 0.3 is 5.97 Å². The molecule has 0 aromatic heterocycles. The van der Waals surface area contributed by atoms with E-state index in [2.05, 4.69) is 6.92 Å². The van der Waals surface area contributed by atoms with Gasteiger partial charge in [0.1, 0.15) is 12.2 Å². The van der Waals surface area contributed by atoms with Crippen LogP contribution in [-0.4, -0.2) is 51.3 Å². The zero-order valence-electron chi connectivity index (χ0n) is 14.1. The SMILES string of the molecule is COCC1OC(OCCCCCCN)CC(C)C1OC(C)=O. The quantitative estimate of drug-likeness (QED) is 0.489. The van der Waals surface area contributed by atoms with Crippen molar-refractivity contribution in [2.45, 2.75) is 64.4 Å². The molecule has 1 fully saturated rings. The number of ether oxygens (including phenoxy) is 4. The molecule has 0 saturated carbocycles. The molecule has 1 saturated heterocycles. The van der Waals surface area contributed by atoms with Crippen LogP contribution in [-0.2, 0) is 23.7 Å². The normalized spacial score (nSPS) is 28.5. The second-order valence-corrected chi connectivity index (χ2v) is 5.92. The van der Waals surface area contributed by atoms with Crippen LogP contribution in [0.5, 0.6) is 0 Å². The molecule has 0 bridgehead atoms. The maximum Gasteiger partial charge on any atom is 0.303 e. The third-order valence-electron chi connectivity index (χ3n) is 3.85. The Bertz CT molecular complexity index is 313. The van der Waals surface area contributed by atoms with E-state index in [9.17, 15) is 4.79 Å². The number of nitrogens with two attached hydrogens (primary N) is 1. The Morgan fingerprint density at radius 2 is 2.00 bits per heavy atom. The Hall–Kier alpha value is -0.690. The number of methoxy groups -OCH3 is 1. The second kappa shape index (κ2) is 10.9. The third-order valence-corrected chi connectivity index (χ3v) is 3.85. The summed E-state index contributed by atoms with van der Waals surface area (Å²) in [6, 6.07) is 0. The minimum absolute atomic E-state index is 0.181. The molecule has 0 radical (unpaired) electrons. The summed E-state index contributed by atoms with van der Waals surface area (Å²) in [5, 5.41) is 0. The summed E-state index contributed by atoms with van der Waals surface area (Å²) in [6.07, 6.45) is 4.26. The highest BCUT2D eigenvalue weighted by atomic mass is 16.7. The predicted octanol–water partition coefficient (Wildman–Crippen LogP) is 1.85. The first-order valence-electron chi connectivity index (χ1n) is 8.21. The summed E-state index contributed by atoms with van der Waals surface area (Å²) in [5.74, 6) is -0.110. The number of rotatable bonds is 10. The third kappa shape index (κ3) is 7.05. The van der Waals surface area contributed by atoms with Crippen molar-refractivity contribution in [2.75, 3.05) is 26.9 Å². The molecule has 6 nitrogen and oxygen atoms in total. The topological polar surface area (TPSA) is 80.0 Å². The van der Waals surface area contributed by atoms with Crippen LogP contribution in [0.3, 0.4) is 0 Å². The largest absolute Gasteiger partial charge is 0.459 e. The highest BCUT2D eigenvalue weighted by molar-refractivity contribution is 5.66. The molecular weight excluding hydrogens is 286 g/mol. The summed E-state index contributed by atoms with van der Waals surface area (Å²) in [4.78, 5) is 11.2. The summed E-state index contributed by atoms with van der Waals surface area (Å²) in [5.41, 5.74) is 5.47. The molecule has 0 spiro atoms. The van der Waals surface area contributed by atoms with Crippen molar-refractivity contribution in [1.29, 1.82) is 0 Å². The van der Waals surface area contributed by atoms with Gasteiger partial charge in [-0.15, -0.1) is 0 Å². The average molecular weight is 317 g/mol. The molecule has 1 aliphatic heterocycles. The standard InChI is InChI=1S/C16H31NO5/c1-12-10-15(20-9-7-5-4-6-8-17)22-14(11-19-3)16(12)21-13(2)18/h12,14-16H,4-11,17H2,1-3H3. The van der Waals surface area contributed by atoms with E-state index in [0.29, 0.717) is 13.2 Å². The van der Waals surface area contributed by atoms with Gasteiger partial charge in [-0.25, -0.2) is 0 Å². The summed E-state index contributed by atoms with van der Waals surface area (Å²) >= 11 is 0. The van der Waals surface area contributed by atoms with Crippen molar-refractivity contribution in [3.8, 4) is 0 Å². The van der Waals surface area contributed by atoms with Crippen LogP contribution >= 0.6 is 0 Å². The van der Waals surface area contributed by atoms with E-state index in [1.54, 1.807) is 7.11 Å². The molecule has 0 amide bonds. The molecule has 130 valence electrons. The van der Waals surface area contributed by atoms with E-state index in [4.69, 9.17) is 24.7 Å². The van der Waals surface area contributed by atoms with Crippen LogP contribution in [0.15, 0.2) is 0 Å². The lowest BCUT2D eigenvalue weighted by Crippen LogP contribution is -2.49. The van der Waals surface area contributed by atoms with Gasteiger partial charge in [-0.1, -0.05) is 19.8 Å². The molecule has 4 unspecified atom stereocenters. The minimum atomic E-state index is -0.291. The lowest BCUT2D eigenvalue weighted by Gasteiger charge is -2.39. The smallest absolute Gasteiger partial charge is 0.303 e. The monoisotopic (exact) mass is 317 g/mol. The average Bonchev–Trinajstić information content (AvgIpc) is 2.46. The molecule has 4 atom stereocenters. The Morgan fingerprint density at radius 1 is 1.27 bits per heavy atom. The molecule has 0 aliphatic carbocycles. The van der Waals surface area contributed by atoms with E-state index >= 15 is 0 Å². The van der Waals surface area contributed by atoms with Gasteiger partial charge in [0.25, 0.3) is 0 Å². The zero-order chi connectivity index (χ0) is 16.4. The van der Waals surface area contributed by atoms with Gasteiger partial charge < -0.3 is 24.7 Å². The number of unbranched alkanes of at least 4 members (excludes halogenated alkanes) is 3. The number of carbonyl (C=O) groups is 1. The van der Waals surface area contributed by atoms with E-state index in [0.717, 1.165) is 38.6 Å². The van der Waals surface area contributed by atoms with E-state index < -0.39 is 0 Å². The van der Waals surface area contributed by atoms with Gasteiger partial charge in [0, 0.05) is 33.0 Å².